The summed E-state index contributed by atoms with van der Waals surface area (Å²) in [6.45, 7) is 0.814. The standard InChI is InChI=1S/C27H26N2O3S/c1-32-27(31)12-11-23-20-28(17-18-33-24-8-3-2-4-9-24)15-13-22(23)19-26(30)29-16-14-21-7-5-6-10-25(21)29/h2-16,20,22H,17-19H2,1H3/b12-11-. The maximum Gasteiger partial charge on any atom is 0.330 e. The maximum atomic E-state index is 13.1. The van der Waals surface area contributed by atoms with Crippen LogP contribution in [0.15, 0.2) is 108 Å². The largest absolute Gasteiger partial charge is 0.466 e. The molecule has 0 fully saturated rings. The maximum absolute atomic E-state index is 13.1. The van der Waals surface area contributed by atoms with Crippen LogP contribution in [0.3, 0.4) is 0 Å². The van der Waals surface area contributed by atoms with E-state index >= 15 is 0 Å². The number of hydrogen-bond acceptors (Lipinski definition) is 5. The number of para-hydroxylation sites is 1. The molecule has 5 nitrogen and oxygen atoms in total. The monoisotopic (exact) mass is 458 g/mol. The van der Waals surface area contributed by atoms with Crippen molar-refractivity contribution in [2.75, 3.05) is 19.4 Å². The zero-order chi connectivity index (χ0) is 23.0. The molecule has 2 heterocycles. The molecule has 1 aromatic heterocycles. The fourth-order valence-electron chi connectivity index (χ4n) is 3.75. The lowest BCUT2D eigenvalue weighted by molar-refractivity contribution is -0.134. The van der Waals surface area contributed by atoms with E-state index in [-0.39, 0.29) is 11.8 Å². The Morgan fingerprint density at radius 1 is 1.06 bits per heavy atom. The van der Waals surface area contributed by atoms with Crippen molar-refractivity contribution in [2.24, 2.45) is 5.92 Å². The molecule has 4 rings (SSSR count). The van der Waals surface area contributed by atoms with Gasteiger partial charge in [-0.1, -0.05) is 42.5 Å². The van der Waals surface area contributed by atoms with Crippen molar-refractivity contribution in [2.45, 2.75) is 11.3 Å². The van der Waals surface area contributed by atoms with Gasteiger partial charge in [0, 0.05) is 59.6 Å². The molecule has 0 bridgehead atoms. The smallest absolute Gasteiger partial charge is 0.330 e. The van der Waals surface area contributed by atoms with E-state index in [2.05, 4.69) is 17.0 Å². The molecule has 1 atom stereocenters. The van der Waals surface area contributed by atoms with Crippen molar-refractivity contribution >= 4 is 34.5 Å². The number of hydrogen-bond donors (Lipinski definition) is 0. The van der Waals surface area contributed by atoms with Crippen molar-refractivity contribution in [3.05, 3.63) is 103 Å². The summed E-state index contributed by atoms with van der Waals surface area (Å²) in [6.07, 6.45) is 11.3. The molecule has 33 heavy (non-hydrogen) atoms. The summed E-state index contributed by atoms with van der Waals surface area (Å²) in [4.78, 5) is 28.1. The highest BCUT2D eigenvalue weighted by Gasteiger charge is 2.20. The van der Waals surface area contributed by atoms with Crippen LogP contribution in [0.1, 0.15) is 11.2 Å². The fraction of sp³-hybridized carbons (Fsp3) is 0.185. The molecular formula is C27H26N2O3S. The number of ether oxygens (including phenoxy) is 1. The van der Waals surface area contributed by atoms with E-state index < -0.39 is 5.97 Å². The summed E-state index contributed by atoms with van der Waals surface area (Å²) >= 11 is 1.79. The zero-order valence-electron chi connectivity index (χ0n) is 18.5. The van der Waals surface area contributed by atoms with Gasteiger partial charge in [-0.15, -0.1) is 11.8 Å². The van der Waals surface area contributed by atoms with E-state index in [4.69, 9.17) is 4.74 Å². The first-order valence-corrected chi connectivity index (χ1v) is 11.8. The third-order valence-electron chi connectivity index (χ3n) is 5.49. The fourth-order valence-corrected chi connectivity index (χ4v) is 4.64. The van der Waals surface area contributed by atoms with E-state index in [0.29, 0.717) is 6.42 Å². The van der Waals surface area contributed by atoms with Gasteiger partial charge in [-0.3, -0.25) is 9.36 Å². The Hall–Kier alpha value is -3.51. The van der Waals surface area contributed by atoms with Gasteiger partial charge in [-0.2, -0.15) is 0 Å². The molecule has 0 amide bonds. The number of nitrogens with zero attached hydrogens (tertiary/aromatic N) is 2. The number of esters is 1. The van der Waals surface area contributed by atoms with E-state index in [1.54, 1.807) is 22.4 Å². The highest BCUT2D eigenvalue weighted by molar-refractivity contribution is 7.99. The van der Waals surface area contributed by atoms with Crippen molar-refractivity contribution in [1.82, 2.24) is 9.47 Å². The lowest BCUT2D eigenvalue weighted by atomic mass is 9.93. The van der Waals surface area contributed by atoms with Crippen LogP contribution in [0.4, 0.5) is 0 Å². The first-order chi connectivity index (χ1) is 16.1. The van der Waals surface area contributed by atoms with E-state index in [9.17, 15) is 9.59 Å². The second-order valence-electron chi connectivity index (χ2n) is 7.68. The molecule has 168 valence electrons. The molecule has 2 aromatic carbocycles. The minimum Gasteiger partial charge on any atom is -0.466 e. The number of aromatic nitrogens is 1. The first-order valence-electron chi connectivity index (χ1n) is 10.8. The Kier molecular flexibility index (Phi) is 7.47. The summed E-state index contributed by atoms with van der Waals surface area (Å²) in [5.41, 5.74) is 1.80. The Morgan fingerprint density at radius 2 is 1.85 bits per heavy atom. The molecule has 0 aliphatic carbocycles. The van der Waals surface area contributed by atoms with Gasteiger partial charge in [0.1, 0.15) is 0 Å². The lowest BCUT2D eigenvalue weighted by Crippen LogP contribution is -2.22. The average molecular weight is 459 g/mol. The molecule has 3 aromatic rings. The number of carbonyl (C=O) groups excluding carboxylic acids is 2. The van der Waals surface area contributed by atoms with Crippen LogP contribution in [-0.4, -0.2) is 40.8 Å². The number of carbonyl (C=O) groups is 2. The van der Waals surface area contributed by atoms with Gasteiger partial charge in [0.15, 0.2) is 0 Å². The van der Waals surface area contributed by atoms with Crippen molar-refractivity contribution < 1.29 is 14.3 Å². The van der Waals surface area contributed by atoms with Gasteiger partial charge in [-0.05, 0) is 35.9 Å². The summed E-state index contributed by atoms with van der Waals surface area (Å²) in [6, 6.07) is 20.1. The second-order valence-corrected chi connectivity index (χ2v) is 8.84. The summed E-state index contributed by atoms with van der Waals surface area (Å²) < 4.78 is 6.45. The van der Waals surface area contributed by atoms with Gasteiger partial charge in [-0.25, -0.2) is 4.79 Å². The van der Waals surface area contributed by atoms with Crippen LogP contribution in [0, 0.1) is 5.92 Å². The van der Waals surface area contributed by atoms with Crippen LogP contribution < -0.4 is 0 Å². The average Bonchev–Trinajstić information content (AvgIpc) is 3.29. The third-order valence-corrected chi connectivity index (χ3v) is 6.48. The Bertz CT molecular complexity index is 1210. The van der Waals surface area contributed by atoms with Crippen LogP contribution >= 0.6 is 11.8 Å². The van der Waals surface area contributed by atoms with Gasteiger partial charge in [0.2, 0.25) is 5.91 Å². The SMILES string of the molecule is COC(=O)/C=C\C1=CN(CCSc2ccccc2)C=CC1CC(=O)n1ccc2ccccc21. The summed E-state index contributed by atoms with van der Waals surface area (Å²) in [5.74, 6) is 0.379. The van der Waals surface area contributed by atoms with E-state index in [1.165, 1.54) is 18.1 Å². The molecule has 1 aliphatic heterocycles. The number of thioether (sulfide) groups is 1. The number of methoxy groups -OCH3 is 1. The number of allylic oxidation sites excluding steroid dienone is 3. The Labute approximate surface area is 198 Å². The first kappa shape index (κ1) is 22.7. The highest BCUT2D eigenvalue weighted by Crippen LogP contribution is 2.27. The number of rotatable bonds is 8. The van der Waals surface area contributed by atoms with Crippen molar-refractivity contribution in [1.29, 1.82) is 0 Å². The van der Waals surface area contributed by atoms with E-state index in [1.807, 2.05) is 73.2 Å². The molecular weight excluding hydrogens is 432 g/mol. The van der Waals surface area contributed by atoms with E-state index in [0.717, 1.165) is 28.8 Å². The van der Waals surface area contributed by atoms with Crippen LogP contribution in [0.2, 0.25) is 0 Å². The molecule has 0 N–H and O–H groups in total. The van der Waals surface area contributed by atoms with Crippen LogP contribution in [0.5, 0.6) is 0 Å². The summed E-state index contributed by atoms with van der Waals surface area (Å²) in [5, 5.41) is 1.04. The lowest BCUT2D eigenvalue weighted by Gasteiger charge is -2.25. The van der Waals surface area contributed by atoms with Crippen LogP contribution in [-0.2, 0) is 9.53 Å². The van der Waals surface area contributed by atoms with Gasteiger partial charge < -0.3 is 9.64 Å². The van der Waals surface area contributed by atoms with Crippen molar-refractivity contribution in [3.63, 3.8) is 0 Å². The molecule has 0 saturated carbocycles. The Balaban J connectivity index is 1.46. The molecule has 0 radical (unpaired) electrons. The number of benzene rings is 2. The topological polar surface area (TPSA) is 51.5 Å². The third kappa shape index (κ3) is 5.84. The molecule has 6 heteroatoms. The predicted molar refractivity (Wildman–Crippen MR) is 133 cm³/mol. The summed E-state index contributed by atoms with van der Waals surface area (Å²) in [7, 11) is 1.35. The number of fused-ring (bicyclic) bond motifs is 1. The minimum absolute atomic E-state index is 0.0105. The minimum atomic E-state index is -0.418. The second kappa shape index (κ2) is 10.9. The Morgan fingerprint density at radius 3 is 2.67 bits per heavy atom. The van der Waals surface area contributed by atoms with Gasteiger partial charge in [0.25, 0.3) is 0 Å². The zero-order valence-corrected chi connectivity index (χ0v) is 19.3. The van der Waals surface area contributed by atoms with Crippen molar-refractivity contribution in [3.8, 4) is 0 Å². The normalized spacial score (nSPS) is 15.7. The highest BCUT2D eigenvalue weighted by atomic mass is 32.2. The van der Waals surface area contributed by atoms with Gasteiger partial charge in [0.05, 0.1) is 12.6 Å². The molecule has 1 unspecified atom stereocenters. The molecule has 0 spiro atoms. The molecule has 0 saturated heterocycles. The van der Waals surface area contributed by atoms with Crippen LogP contribution in [0.25, 0.3) is 10.9 Å². The molecule has 1 aliphatic rings. The van der Waals surface area contributed by atoms with Gasteiger partial charge >= 0.3 is 5.97 Å². The quantitative estimate of drug-likeness (QED) is 0.253. The predicted octanol–water partition coefficient (Wildman–Crippen LogP) is 5.52.